The van der Waals surface area contributed by atoms with E-state index in [9.17, 15) is 4.39 Å². The van der Waals surface area contributed by atoms with Crippen LogP contribution in [0.4, 0.5) is 10.2 Å². The van der Waals surface area contributed by atoms with Crippen LogP contribution in [0.5, 0.6) is 0 Å². The number of hydrogen-bond donors (Lipinski definition) is 2. The van der Waals surface area contributed by atoms with E-state index < -0.39 is 5.82 Å². The Morgan fingerprint density at radius 3 is 2.53 bits per heavy atom. The van der Waals surface area contributed by atoms with E-state index in [-0.39, 0.29) is 5.82 Å². The van der Waals surface area contributed by atoms with Crippen LogP contribution in [0.25, 0.3) is 0 Å². The molecule has 0 unspecified atom stereocenters. The van der Waals surface area contributed by atoms with E-state index in [1.165, 1.54) is 11.9 Å². The lowest BCUT2D eigenvalue weighted by atomic mass is 10.1. The fourth-order valence-electron chi connectivity index (χ4n) is 1.76. The first kappa shape index (κ1) is 13.4. The summed E-state index contributed by atoms with van der Waals surface area (Å²) >= 11 is 0. The van der Waals surface area contributed by atoms with Gasteiger partial charge in [-0.05, 0) is 31.0 Å². The van der Waals surface area contributed by atoms with Gasteiger partial charge in [-0.3, -0.25) is 0 Å². The maximum Gasteiger partial charge on any atom is 0.186 e. The third-order valence-corrected chi connectivity index (χ3v) is 2.88. The number of nitrogens with two attached hydrogens (primary N) is 1. The first-order valence-corrected chi connectivity index (χ1v) is 6.19. The molecule has 3 N–H and O–H groups in total. The molecule has 5 heteroatoms. The normalized spacial score (nSPS) is 10.5. The summed E-state index contributed by atoms with van der Waals surface area (Å²) < 4.78 is 13.7. The van der Waals surface area contributed by atoms with Gasteiger partial charge in [0.05, 0.1) is 5.69 Å². The average molecular weight is 260 g/mol. The summed E-state index contributed by atoms with van der Waals surface area (Å²) in [5.74, 6) is -0.166. The molecular weight excluding hydrogens is 243 g/mol. The van der Waals surface area contributed by atoms with Crippen LogP contribution in [-0.2, 0) is 13.0 Å². The Bertz CT molecular complexity index is 540. The van der Waals surface area contributed by atoms with Crippen molar-refractivity contribution in [3.8, 4) is 0 Å². The molecule has 100 valence electrons. The Morgan fingerprint density at radius 2 is 1.84 bits per heavy atom. The van der Waals surface area contributed by atoms with Crippen LogP contribution in [0.3, 0.4) is 0 Å². The van der Waals surface area contributed by atoms with Crippen molar-refractivity contribution in [1.29, 1.82) is 0 Å². The molecule has 1 aromatic heterocycles. The van der Waals surface area contributed by atoms with Crippen LogP contribution in [0, 0.1) is 12.7 Å². The highest BCUT2D eigenvalue weighted by molar-refractivity contribution is 5.38. The molecule has 0 saturated carbocycles. The molecule has 0 fully saturated rings. The molecule has 19 heavy (non-hydrogen) atoms. The molecule has 0 aliphatic heterocycles. The van der Waals surface area contributed by atoms with E-state index in [0.717, 1.165) is 12.0 Å². The van der Waals surface area contributed by atoms with Crippen LogP contribution in [0.2, 0.25) is 0 Å². The lowest BCUT2D eigenvalue weighted by molar-refractivity contribution is 0.604. The van der Waals surface area contributed by atoms with E-state index in [1.54, 1.807) is 6.92 Å². The first-order valence-electron chi connectivity index (χ1n) is 6.19. The van der Waals surface area contributed by atoms with Crippen molar-refractivity contribution in [2.45, 2.75) is 19.9 Å². The minimum Gasteiger partial charge on any atom is -0.363 e. The van der Waals surface area contributed by atoms with Crippen LogP contribution in [-0.4, -0.2) is 16.5 Å². The van der Waals surface area contributed by atoms with E-state index in [2.05, 4.69) is 15.3 Å². The molecule has 0 spiro atoms. The molecule has 0 saturated heterocycles. The zero-order valence-corrected chi connectivity index (χ0v) is 10.9. The number of hydrogen-bond acceptors (Lipinski definition) is 4. The molecule has 0 amide bonds. The van der Waals surface area contributed by atoms with Gasteiger partial charge in [0.1, 0.15) is 6.33 Å². The van der Waals surface area contributed by atoms with Gasteiger partial charge in [-0.2, -0.15) is 0 Å². The lowest BCUT2D eigenvalue weighted by Crippen LogP contribution is -2.06. The van der Waals surface area contributed by atoms with Crippen LogP contribution in [0.1, 0.15) is 16.8 Å². The number of halogens is 1. The number of aryl methyl sites for hydroxylation is 1. The maximum absolute atomic E-state index is 13.7. The minimum atomic E-state index is -0.401. The van der Waals surface area contributed by atoms with Crippen molar-refractivity contribution in [2.75, 3.05) is 11.9 Å². The summed E-state index contributed by atoms with van der Waals surface area (Å²) in [4.78, 5) is 7.68. The second-order valence-corrected chi connectivity index (χ2v) is 4.33. The molecule has 2 aromatic rings. The van der Waals surface area contributed by atoms with Crippen molar-refractivity contribution in [3.63, 3.8) is 0 Å². The Morgan fingerprint density at radius 1 is 1.16 bits per heavy atom. The summed E-state index contributed by atoms with van der Waals surface area (Å²) in [7, 11) is 0. The lowest BCUT2D eigenvalue weighted by Gasteiger charge is -2.08. The van der Waals surface area contributed by atoms with Crippen molar-refractivity contribution >= 4 is 5.82 Å². The van der Waals surface area contributed by atoms with Gasteiger partial charge in [0.2, 0.25) is 0 Å². The average Bonchev–Trinajstić information content (AvgIpc) is 2.42. The maximum atomic E-state index is 13.7. The number of nitrogens with one attached hydrogen (secondary N) is 1. The quantitative estimate of drug-likeness (QED) is 0.863. The molecule has 0 radical (unpaired) electrons. The van der Waals surface area contributed by atoms with Crippen molar-refractivity contribution in [2.24, 2.45) is 5.73 Å². The summed E-state index contributed by atoms with van der Waals surface area (Å²) in [5.41, 5.74) is 8.11. The standard InChI is InChI=1S/C14H17FN4/c1-10-13(15)14(19-9-18-10)17-8-12-4-2-11(3-5-12)6-7-16/h2-5,9H,6-8,16H2,1H3,(H,17,18,19). The Labute approximate surface area is 111 Å². The van der Waals surface area contributed by atoms with Gasteiger partial charge in [-0.1, -0.05) is 24.3 Å². The molecule has 0 aliphatic rings. The fraction of sp³-hybridized carbons (Fsp3) is 0.286. The van der Waals surface area contributed by atoms with Crippen molar-refractivity contribution < 1.29 is 4.39 Å². The van der Waals surface area contributed by atoms with E-state index in [0.29, 0.717) is 18.8 Å². The fourth-order valence-corrected chi connectivity index (χ4v) is 1.76. The Hall–Kier alpha value is -2.01. The number of rotatable bonds is 5. The monoisotopic (exact) mass is 260 g/mol. The minimum absolute atomic E-state index is 0.235. The number of benzene rings is 1. The molecule has 0 bridgehead atoms. The summed E-state index contributed by atoms with van der Waals surface area (Å²) in [6.07, 6.45) is 2.22. The smallest absolute Gasteiger partial charge is 0.186 e. The molecule has 4 nitrogen and oxygen atoms in total. The molecule has 0 aliphatic carbocycles. The highest BCUT2D eigenvalue weighted by Gasteiger charge is 2.06. The van der Waals surface area contributed by atoms with Gasteiger partial charge in [0.25, 0.3) is 0 Å². The third kappa shape index (κ3) is 3.48. The predicted molar refractivity (Wildman–Crippen MR) is 73.3 cm³/mol. The van der Waals surface area contributed by atoms with Crippen LogP contribution < -0.4 is 11.1 Å². The number of aromatic nitrogens is 2. The van der Waals surface area contributed by atoms with E-state index in [1.807, 2.05) is 24.3 Å². The van der Waals surface area contributed by atoms with Crippen molar-refractivity contribution in [3.05, 3.63) is 53.2 Å². The summed E-state index contributed by atoms with van der Waals surface area (Å²) in [6, 6.07) is 8.07. The Balaban J connectivity index is 2.00. The van der Waals surface area contributed by atoms with E-state index >= 15 is 0 Å². The highest BCUT2D eigenvalue weighted by atomic mass is 19.1. The van der Waals surface area contributed by atoms with Crippen molar-refractivity contribution in [1.82, 2.24) is 9.97 Å². The number of anilines is 1. The first-order chi connectivity index (χ1) is 9.20. The van der Waals surface area contributed by atoms with Gasteiger partial charge in [-0.25, -0.2) is 14.4 Å². The van der Waals surface area contributed by atoms with Gasteiger partial charge >= 0.3 is 0 Å². The SMILES string of the molecule is Cc1ncnc(NCc2ccc(CCN)cc2)c1F. The molecular formula is C14H17FN4. The molecule has 1 heterocycles. The second kappa shape index (κ2) is 6.24. The van der Waals surface area contributed by atoms with Gasteiger partial charge in [0, 0.05) is 6.54 Å². The Kier molecular flexibility index (Phi) is 4.41. The zero-order chi connectivity index (χ0) is 13.7. The highest BCUT2D eigenvalue weighted by Crippen LogP contribution is 2.13. The van der Waals surface area contributed by atoms with Gasteiger partial charge in [-0.15, -0.1) is 0 Å². The second-order valence-electron chi connectivity index (χ2n) is 4.33. The summed E-state index contributed by atoms with van der Waals surface area (Å²) in [5, 5.41) is 2.97. The predicted octanol–water partition coefficient (Wildman–Crippen LogP) is 2.04. The van der Waals surface area contributed by atoms with Gasteiger partial charge < -0.3 is 11.1 Å². The van der Waals surface area contributed by atoms with Gasteiger partial charge in [0.15, 0.2) is 11.6 Å². The zero-order valence-electron chi connectivity index (χ0n) is 10.9. The third-order valence-electron chi connectivity index (χ3n) is 2.88. The summed E-state index contributed by atoms with van der Waals surface area (Å²) in [6.45, 7) is 2.78. The van der Waals surface area contributed by atoms with E-state index in [4.69, 9.17) is 5.73 Å². The van der Waals surface area contributed by atoms with Crippen LogP contribution in [0.15, 0.2) is 30.6 Å². The topological polar surface area (TPSA) is 63.8 Å². The molecule has 1 aromatic carbocycles. The largest absolute Gasteiger partial charge is 0.363 e. The number of nitrogens with zero attached hydrogens (tertiary/aromatic N) is 2. The molecule has 0 atom stereocenters. The van der Waals surface area contributed by atoms with Crippen LogP contribution >= 0.6 is 0 Å². The molecule has 2 rings (SSSR count).